The lowest BCUT2D eigenvalue weighted by atomic mass is 10.1. The van der Waals surface area contributed by atoms with E-state index in [4.69, 9.17) is 5.73 Å². The van der Waals surface area contributed by atoms with E-state index in [-0.39, 0.29) is 5.91 Å². The minimum atomic E-state index is 0.152. The first-order valence-corrected chi connectivity index (χ1v) is 8.32. The van der Waals surface area contributed by atoms with E-state index >= 15 is 0 Å². The van der Waals surface area contributed by atoms with Gasteiger partial charge in [-0.25, -0.2) is 0 Å². The summed E-state index contributed by atoms with van der Waals surface area (Å²) in [4.78, 5) is 14.3. The summed E-state index contributed by atoms with van der Waals surface area (Å²) in [6.45, 7) is 10.5. The Kier molecular flexibility index (Phi) is 7.17. The number of hydrogen-bond donors (Lipinski definition) is 1. The van der Waals surface area contributed by atoms with Gasteiger partial charge in [-0.1, -0.05) is 39.5 Å². The highest BCUT2D eigenvalue weighted by molar-refractivity contribution is 7.99. The molecule has 2 N–H and O–H groups in total. The van der Waals surface area contributed by atoms with Crippen LogP contribution < -0.4 is 5.73 Å². The first-order valence-electron chi connectivity index (χ1n) is 7.34. The van der Waals surface area contributed by atoms with Crippen LogP contribution in [-0.2, 0) is 18.4 Å². The van der Waals surface area contributed by atoms with Crippen LogP contribution >= 0.6 is 11.8 Å². The van der Waals surface area contributed by atoms with Crippen LogP contribution in [0.1, 0.15) is 33.5 Å². The van der Waals surface area contributed by atoms with Crippen molar-refractivity contribution in [1.29, 1.82) is 0 Å². The average Bonchev–Trinajstić information content (AvgIpc) is 2.74. The minimum Gasteiger partial charge on any atom is -0.341 e. The number of thioether (sulfide) groups is 1. The van der Waals surface area contributed by atoms with Crippen molar-refractivity contribution in [2.75, 3.05) is 18.8 Å². The van der Waals surface area contributed by atoms with Crippen molar-refractivity contribution < 1.29 is 4.79 Å². The first-order chi connectivity index (χ1) is 9.85. The molecular formula is C14H27N5OS. The predicted molar refractivity (Wildman–Crippen MR) is 85.9 cm³/mol. The SMILES string of the molecule is CC(C)CN(CC(C)C)C(=O)CSc1nnc(CN)n1C. The van der Waals surface area contributed by atoms with E-state index in [1.54, 1.807) is 0 Å². The van der Waals surface area contributed by atoms with Crippen molar-refractivity contribution >= 4 is 17.7 Å². The van der Waals surface area contributed by atoms with E-state index in [2.05, 4.69) is 37.9 Å². The number of nitrogens with zero attached hydrogens (tertiary/aromatic N) is 4. The molecule has 1 aromatic rings. The highest BCUT2D eigenvalue weighted by Gasteiger charge is 2.18. The lowest BCUT2D eigenvalue weighted by Crippen LogP contribution is -2.38. The van der Waals surface area contributed by atoms with Gasteiger partial charge in [0.1, 0.15) is 5.82 Å². The van der Waals surface area contributed by atoms with Gasteiger partial charge in [-0.2, -0.15) is 0 Å². The predicted octanol–water partition coefficient (Wildman–Crippen LogP) is 1.51. The molecule has 0 fully saturated rings. The molecule has 120 valence electrons. The van der Waals surface area contributed by atoms with Gasteiger partial charge in [-0.3, -0.25) is 4.79 Å². The van der Waals surface area contributed by atoms with Gasteiger partial charge in [0, 0.05) is 20.1 Å². The standard InChI is InChI=1S/C14H27N5OS/c1-10(2)7-19(8-11(3)4)13(20)9-21-14-17-16-12(6-15)18(14)5/h10-11H,6-9,15H2,1-5H3. The van der Waals surface area contributed by atoms with E-state index in [9.17, 15) is 4.79 Å². The zero-order chi connectivity index (χ0) is 16.0. The van der Waals surface area contributed by atoms with Gasteiger partial charge in [0.25, 0.3) is 0 Å². The molecular weight excluding hydrogens is 286 g/mol. The van der Waals surface area contributed by atoms with Crippen molar-refractivity contribution in [3.05, 3.63) is 5.82 Å². The smallest absolute Gasteiger partial charge is 0.233 e. The normalized spacial score (nSPS) is 11.4. The second-order valence-corrected chi connectivity index (χ2v) is 6.98. The average molecular weight is 313 g/mol. The summed E-state index contributed by atoms with van der Waals surface area (Å²) in [6, 6.07) is 0. The molecule has 0 unspecified atom stereocenters. The van der Waals surface area contributed by atoms with Crippen molar-refractivity contribution in [1.82, 2.24) is 19.7 Å². The monoisotopic (exact) mass is 313 g/mol. The Morgan fingerprint density at radius 2 is 1.81 bits per heavy atom. The molecule has 0 aliphatic carbocycles. The van der Waals surface area contributed by atoms with Crippen molar-refractivity contribution in [3.8, 4) is 0 Å². The second-order valence-electron chi connectivity index (χ2n) is 6.04. The molecule has 1 heterocycles. The summed E-state index contributed by atoms with van der Waals surface area (Å²) < 4.78 is 1.84. The number of aromatic nitrogens is 3. The summed E-state index contributed by atoms with van der Waals surface area (Å²) in [7, 11) is 1.87. The van der Waals surface area contributed by atoms with Gasteiger partial charge in [-0.05, 0) is 11.8 Å². The van der Waals surface area contributed by atoms with Gasteiger partial charge < -0.3 is 15.2 Å². The molecule has 21 heavy (non-hydrogen) atoms. The molecule has 0 atom stereocenters. The number of carbonyl (C=O) groups excluding carboxylic acids is 1. The van der Waals surface area contributed by atoms with Gasteiger partial charge >= 0.3 is 0 Å². The molecule has 0 saturated heterocycles. The number of rotatable bonds is 8. The molecule has 0 saturated carbocycles. The van der Waals surface area contributed by atoms with Crippen LogP contribution in [0.5, 0.6) is 0 Å². The Bertz CT molecular complexity index is 448. The second kappa shape index (κ2) is 8.38. The Morgan fingerprint density at radius 3 is 2.24 bits per heavy atom. The summed E-state index contributed by atoms with van der Waals surface area (Å²) in [5.41, 5.74) is 5.57. The lowest BCUT2D eigenvalue weighted by molar-refractivity contribution is -0.129. The van der Waals surface area contributed by atoms with Gasteiger partial charge in [0.2, 0.25) is 5.91 Å². The topological polar surface area (TPSA) is 77.0 Å². The molecule has 0 aliphatic heterocycles. The van der Waals surface area contributed by atoms with Gasteiger partial charge in [0.15, 0.2) is 5.16 Å². The highest BCUT2D eigenvalue weighted by atomic mass is 32.2. The van der Waals surface area contributed by atoms with E-state index in [1.807, 2.05) is 16.5 Å². The first kappa shape index (κ1) is 18.0. The van der Waals surface area contributed by atoms with Gasteiger partial charge in [-0.15, -0.1) is 10.2 Å². The van der Waals surface area contributed by atoms with E-state index in [0.29, 0.717) is 24.1 Å². The largest absolute Gasteiger partial charge is 0.341 e. The van der Waals surface area contributed by atoms with Crippen LogP contribution in [0, 0.1) is 11.8 Å². The third-order valence-corrected chi connectivity index (χ3v) is 3.96. The molecule has 7 heteroatoms. The molecule has 0 radical (unpaired) electrons. The van der Waals surface area contributed by atoms with E-state index in [0.717, 1.165) is 24.1 Å². The summed E-state index contributed by atoms with van der Waals surface area (Å²) in [5.74, 6) is 2.20. The lowest BCUT2D eigenvalue weighted by Gasteiger charge is -2.26. The fourth-order valence-electron chi connectivity index (χ4n) is 2.03. The number of carbonyl (C=O) groups is 1. The maximum atomic E-state index is 12.4. The van der Waals surface area contributed by atoms with Crippen LogP contribution in [0.4, 0.5) is 0 Å². The number of nitrogens with two attached hydrogens (primary N) is 1. The minimum absolute atomic E-state index is 0.152. The molecule has 0 aliphatic rings. The van der Waals surface area contributed by atoms with Crippen molar-refractivity contribution in [2.45, 2.75) is 39.4 Å². The van der Waals surface area contributed by atoms with Crippen molar-refractivity contribution in [3.63, 3.8) is 0 Å². The Labute approximate surface area is 131 Å². The molecule has 6 nitrogen and oxygen atoms in total. The fourth-order valence-corrected chi connectivity index (χ4v) is 2.86. The maximum absolute atomic E-state index is 12.4. The number of hydrogen-bond acceptors (Lipinski definition) is 5. The summed E-state index contributed by atoms with van der Waals surface area (Å²) >= 11 is 1.42. The van der Waals surface area contributed by atoms with Crippen LogP contribution in [0.25, 0.3) is 0 Å². The molecule has 0 spiro atoms. The molecule has 1 amide bonds. The van der Waals surface area contributed by atoms with E-state index in [1.165, 1.54) is 11.8 Å². The molecule has 1 rings (SSSR count). The fraction of sp³-hybridized carbons (Fsp3) is 0.786. The molecule has 0 aromatic carbocycles. The number of amides is 1. The Morgan fingerprint density at radius 1 is 1.24 bits per heavy atom. The van der Waals surface area contributed by atoms with E-state index < -0.39 is 0 Å². The van der Waals surface area contributed by atoms with Crippen LogP contribution in [-0.4, -0.2) is 44.4 Å². The zero-order valence-corrected chi connectivity index (χ0v) is 14.5. The quantitative estimate of drug-likeness (QED) is 0.736. The summed E-state index contributed by atoms with van der Waals surface area (Å²) in [5, 5.41) is 8.80. The van der Waals surface area contributed by atoms with Crippen LogP contribution in [0.15, 0.2) is 5.16 Å². The van der Waals surface area contributed by atoms with Crippen LogP contribution in [0.3, 0.4) is 0 Å². The maximum Gasteiger partial charge on any atom is 0.233 e. The van der Waals surface area contributed by atoms with Gasteiger partial charge in [0.05, 0.1) is 12.3 Å². The zero-order valence-electron chi connectivity index (χ0n) is 13.7. The molecule has 0 bridgehead atoms. The van der Waals surface area contributed by atoms with Crippen LogP contribution in [0.2, 0.25) is 0 Å². The Balaban J connectivity index is 2.61. The van der Waals surface area contributed by atoms with Crippen molar-refractivity contribution in [2.24, 2.45) is 24.6 Å². The third-order valence-electron chi connectivity index (χ3n) is 2.96. The Hall–Kier alpha value is -1.08. The molecule has 1 aromatic heterocycles. The summed E-state index contributed by atoms with van der Waals surface area (Å²) in [6.07, 6.45) is 0. The third kappa shape index (κ3) is 5.67. The highest BCUT2D eigenvalue weighted by Crippen LogP contribution is 2.17.